The molecule has 4 heteroatoms. The van der Waals surface area contributed by atoms with Crippen LogP contribution in [0.15, 0.2) is 34.8 Å². The Bertz CT molecular complexity index is 519. The lowest BCUT2D eigenvalue weighted by Crippen LogP contribution is -2.18. The molecule has 0 aliphatic rings. The fourth-order valence-corrected chi connectivity index (χ4v) is 3.79. The van der Waals surface area contributed by atoms with Crippen molar-refractivity contribution in [2.45, 2.75) is 19.4 Å². The van der Waals surface area contributed by atoms with Gasteiger partial charge in [0.1, 0.15) is 4.34 Å². The van der Waals surface area contributed by atoms with Gasteiger partial charge in [0, 0.05) is 15.4 Å². The molecule has 1 aromatic carbocycles. The zero-order chi connectivity index (χ0) is 13.1. The van der Waals surface area contributed by atoms with Crippen molar-refractivity contribution in [2.24, 2.45) is 0 Å². The van der Waals surface area contributed by atoms with Crippen LogP contribution in [-0.4, -0.2) is 7.05 Å². The molecule has 1 atom stereocenters. The van der Waals surface area contributed by atoms with E-state index in [1.54, 1.807) is 11.3 Å². The molecule has 1 heterocycles. The molecule has 0 aliphatic carbocycles. The zero-order valence-electron chi connectivity index (χ0n) is 10.3. The predicted molar refractivity (Wildman–Crippen MR) is 83.7 cm³/mol. The van der Waals surface area contributed by atoms with Crippen LogP contribution in [0.5, 0.6) is 0 Å². The van der Waals surface area contributed by atoms with Gasteiger partial charge in [-0.3, -0.25) is 0 Å². The molecule has 0 spiro atoms. The minimum Gasteiger partial charge on any atom is -0.312 e. The van der Waals surface area contributed by atoms with Gasteiger partial charge in [0.15, 0.2) is 0 Å². The Morgan fingerprint density at radius 1 is 1.39 bits per heavy atom. The molecule has 1 nitrogen and oxygen atoms in total. The maximum Gasteiger partial charge on any atom is 0.107 e. The van der Waals surface area contributed by atoms with Crippen molar-refractivity contribution >= 4 is 38.9 Å². The molecule has 0 radical (unpaired) electrons. The summed E-state index contributed by atoms with van der Waals surface area (Å²) in [5.74, 6) is 0. The standard InChI is InChI=1S/C14H15BrClNS/c1-9-5-3-4-6-10(9)7-12(17-2)13-8-11(15)14(16)18-13/h3-6,8,12,17H,7H2,1-2H3. The molecule has 0 aliphatic heterocycles. The first-order chi connectivity index (χ1) is 8.61. The van der Waals surface area contributed by atoms with E-state index >= 15 is 0 Å². The third-order valence-corrected chi connectivity index (χ3v) is 5.63. The number of thiophene rings is 1. The summed E-state index contributed by atoms with van der Waals surface area (Å²) in [7, 11) is 1.99. The van der Waals surface area contributed by atoms with Crippen molar-refractivity contribution < 1.29 is 0 Å². The highest BCUT2D eigenvalue weighted by Gasteiger charge is 2.15. The Labute approximate surface area is 125 Å². The van der Waals surface area contributed by atoms with Crippen LogP contribution in [-0.2, 0) is 6.42 Å². The van der Waals surface area contributed by atoms with Crippen LogP contribution in [0.25, 0.3) is 0 Å². The number of hydrogen-bond donors (Lipinski definition) is 1. The van der Waals surface area contributed by atoms with E-state index in [2.05, 4.69) is 58.5 Å². The summed E-state index contributed by atoms with van der Waals surface area (Å²) in [5.41, 5.74) is 2.71. The largest absolute Gasteiger partial charge is 0.312 e. The molecule has 2 aromatic rings. The molecule has 1 N–H and O–H groups in total. The monoisotopic (exact) mass is 343 g/mol. The predicted octanol–water partition coefficient (Wildman–Crippen LogP) is 4.98. The fourth-order valence-electron chi connectivity index (χ4n) is 1.94. The fraction of sp³-hybridized carbons (Fsp3) is 0.286. The summed E-state index contributed by atoms with van der Waals surface area (Å²) in [5, 5.41) is 3.37. The number of hydrogen-bond acceptors (Lipinski definition) is 2. The number of likely N-dealkylation sites (N-methyl/N-ethyl adjacent to an activating group) is 1. The second kappa shape index (κ2) is 6.20. The molecule has 0 saturated heterocycles. The molecular formula is C14H15BrClNS. The smallest absolute Gasteiger partial charge is 0.107 e. The summed E-state index contributed by atoms with van der Waals surface area (Å²) in [6, 6.07) is 10.9. The van der Waals surface area contributed by atoms with Crippen LogP contribution in [0, 0.1) is 6.92 Å². The van der Waals surface area contributed by atoms with Gasteiger partial charge in [0.25, 0.3) is 0 Å². The van der Waals surface area contributed by atoms with Crippen molar-refractivity contribution in [1.82, 2.24) is 5.32 Å². The van der Waals surface area contributed by atoms with Crippen LogP contribution >= 0.6 is 38.9 Å². The van der Waals surface area contributed by atoms with E-state index in [9.17, 15) is 0 Å². The van der Waals surface area contributed by atoms with Gasteiger partial charge >= 0.3 is 0 Å². The van der Waals surface area contributed by atoms with Crippen LogP contribution in [0.4, 0.5) is 0 Å². The Kier molecular flexibility index (Phi) is 4.84. The molecule has 96 valence electrons. The van der Waals surface area contributed by atoms with E-state index in [1.165, 1.54) is 16.0 Å². The van der Waals surface area contributed by atoms with Crippen molar-refractivity contribution in [3.05, 3.63) is 55.1 Å². The number of aryl methyl sites for hydroxylation is 1. The van der Waals surface area contributed by atoms with Crippen molar-refractivity contribution in [3.63, 3.8) is 0 Å². The quantitative estimate of drug-likeness (QED) is 0.825. The molecule has 1 aromatic heterocycles. The first-order valence-corrected chi connectivity index (χ1v) is 7.77. The van der Waals surface area contributed by atoms with E-state index in [-0.39, 0.29) is 0 Å². The third kappa shape index (κ3) is 3.15. The van der Waals surface area contributed by atoms with Gasteiger partial charge in [-0.15, -0.1) is 11.3 Å². The van der Waals surface area contributed by atoms with E-state index in [0.29, 0.717) is 6.04 Å². The molecular weight excluding hydrogens is 330 g/mol. The van der Waals surface area contributed by atoms with Crippen molar-refractivity contribution in [1.29, 1.82) is 0 Å². The van der Waals surface area contributed by atoms with Gasteiger partial charge in [0.2, 0.25) is 0 Å². The maximum absolute atomic E-state index is 6.11. The Morgan fingerprint density at radius 2 is 2.11 bits per heavy atom. The Balaban J connectivity index is 2.22. The minimum absolute atomic E-state index is 0.305. The SMILES string of the molecule is CNC(Cc1ccccc1C)c1cc(Br)c(Cl)s1. The number of benzene rings is 1. The molecule has 0 fully saturated rings. The van der Waals surface area contributed by atoms with Gasteiger partial charge in [-0.05, 0) is 53.5 Å². The zero-order valence-corrected chi connectivity index (χ0v) is 13.5. The highest BCUT2D eigenvalue weighted by atomic mass is 79.9. The summed E-state index contributed by atoms with van der Waals surface area (Å²) >= 11 is 11.2. The second-order valence-corrected chi connectivity index (χ2v) is 6.78. The van der Waals surface area contributed by atoms with Crippen LogP contribution in [0.2, 0.25) is 4.34 Å². The first kappa shape index (κ1) is 14.1. The number of nitrogens with one attached hydrogen (secondary N) is 1. The lowest BCUT2D eigenvalue weighted by Gasteiger charge is -2.16. The second-order valence-electron chi connectivity index (χ2n) is 4.24. The van der Waals surface area contributed by atoms with Crippen LogP contribution in [0.1, 0.15) is 22.0 Å². The van der Waals surface area contributed by atoms with Crippen molar-refractivity contribution in [3.8, 4) is 0 Å². The highest BCUT2D eigenvalue weighted by Crippen LogP contribution is 2.36. The number of halogens is 2. The topological polar surface area (TPSA) is 12.0 Å². The summed E-state index contributed by atoms with van der Waals surface area (Å²) in [6.45, 7) is 2.15. The summed E-state index contributed by atoms with van der Waals surface area (Å²) < 4.78 is 1.80. The average molecular weight is 345 g/mol. The average Bonchev–Trinajstić information content (AvgIpc) is 2.68. The molecule has 18 heavy (non-hydrogen) atoms. The van der Waals surface area contributed by atoms with Gasteiger partial charge in [-0.1, -0.05) is 35.9 Å². The van der Waals surface area contributed by atoms with E-state index < -0.39 is 0 Å². The lowest BCUT2D eigenvalue weighted by atomic mass is 10.0. The van der Waals surface area contributed by atoms with E-state index in [4.69, 9.17) is 11.6 Å². The van der Waals surface area contributed by atoms with Crippen LogP contribution < -0.4 is 5.32 Å². The molecule has 0 saturated carbocycles. The van der Waals surface area contributed by atoms with Gasteiger partial charge in [-0.25, -0.2) is 0 Å². The van der Waals surface area contributed by atoms with Crippen LogP contribution in [0.3, 0.4) is 0 Å². The summed E-state index contributed by atoms with van der Waals surface area (Å²) in [4.78, 5) is 1.26. The molecule has 0 amide bonds. The lowest BCUT2D eigenvalue weighted by molar-refractivity contribution is 0.600. The Morgan fingerprint density at radius 3 is 2.67 bits per heavy atom. The van der Waals surface area contributed by atoms with Crippen molar-refractivity contribution in [2.75, 3.05) is 7.05 Å². The Hall–Kier alpha value is -0.350. The summed E-state index contributed by atoms with van der Waals surface area (Å²) in [6.07, 6.45) is 0.979. The maximum atomic E-state index is 6.11. The van der Waals surface area contributed by atoms with Gasteiger partial charge in [-0.2, -0.15) is 0 Å². The first-order valence-electron chi connectivity index (χ1n) is 5.78. The minimum atomic E-state index is 0.305. The number of rotatable bonds is 4. The molecule has 2 rings (SSSR count). The normalized spacial score (nSPS) is 12.7. The third-order valence-electron chi connectivity index (χ3n) is 3.04. The highest BCUT2D eigenvalue weighted by molar-refractivity contribution is 9.10. The van der Waals surface area contributed by atoms with Gasteiger partial charge < -0.3 is 5.32 Å². The van der Waals surface area contributed by atoms with E-state index in [0.717, 1.165) is 15.2 Å². The molecule has 0 bridgehead atoms. The molecule has 1 unspecified atom stereocenters. The van der Waals surface area contributed by atoms with E-state index in [1.807, 2.05) is 7.05 Å². The van der Waals surface area contributed by atoms with Gasteiger partial charge in [0.05, 0.1) is 0 Å².